The summed E-state index contributed by atoms with van der Waals surface area (Å²) in [5, 5.41) is 0. The Morgan fingerprint density at radius 2 is 1.67 bits per heavy atom. The fraction of sp³-hybridized carbons (Fsp3) is 0.500. The van der Waals surface area contributed by atoms with Crippen LogP contribution >= 0.6 is 22.6 Å². The van der Waals surface area contributed by atoms with Crippen molar-refractivity contribution in [3.63, 3.8) is 0 Å². The molecule has 0 aromatic heterocycles. The lowest BCUT2D eigenvalue weighted by molar-refractivity contribution is -0.0440. The third-order valence-corrected chi connectivity index (χ3v) is 5.40. The van der Waals surface area contributed by atoms with Crippen LogP contribution in [0.5, 0.6) is 0 Å². The summed E-state index contributed by atoms with van der Waals surface area (Å²) >= 11 is 2.16. The number of rotatable bonds is 2. The van der Waals surface area contributed by atoms with Gasteiger partial charge < -0.3 is 4.74 Å². The zero-order valence-corrected chi connectivity index (χ0v) is 13.3. The molecular formula is C12H16INO3S. The summed E-state index contributed by atoms with van der Waals surface area (Å²) in [6, 6.07) is 6.92. The van der Waals surface area contributed by atoms with Crippen molar-refractivity contribution in [2.45, 2.75) is 31.0 Å². The molecule has 2 rings (SSSR count). The molecule has 1 aromatic carbocycles. The van der Waals surface area contributed by atoms with Gasteiger partial charge >= 0.3 is 0 Å². The maximum Gasteiger partial charge on any atom is 0.243 e. The lowest BCUT2D eigenvalue weighted by Gasteiger charge is -2.34. The minimum absolute atomic E-state index is 0.0626. The summed E-state index contributed by atoms with van der Waals surface area (Å²) in [6.45, 7) is 4.62. The molecule has 18 heavy (non-hydrogen) atoms. The molecule has 1 fully saturated rings. The third-order valence-electron chi connectivity index (χ3n) is 2.84. The minimum atomic E-state index is -3.39. The van der Waals surface area contributed by atoms with E-state index in [-0.39, 0.29) is 12.2 Å². The second-order valence-electron chi connectivity index (χ2n) is 4.53. The molecule has 4 nitrogen and oxygen atoms in total. The molecule has 1 aliphatic rings. The first-order valence-electron chi connectivity index (χ1n) is 5.81. The van der Waals surface area contributed by atoms with E-state index in [0.29, 0.717) is 18.0 Å². The van der Waals surface area contributed by atoms with E-state index >= 15 is 0 Å². The van der Waals surface area contributed by atoms with Crippen molar-refractivity contribution in [3.05, 3.63) is 27.8 Å². The average Bonchev–Trinajstić information content (AvgIpc) is 2.28. The zero-order valence-electron chi connectivity index (χ0n) is 10.3. The Morgan fingerprint density at radius 3 is 2.17 bits per heavy atom. The first-order chi connectivity index (χ1) is 8.39. The summed E-state index contributed by atoms with van der Waals surface area (Å²) in [4.78, 5) is 0.351. The molecule has 0 N–H and O–H groups in total. The van der Waals surface area contributed by atoms with Crippen LogP contribution in [0.15, 0.2) is 29.2 Å². The van der Waals surface area contributed by atoms with Crippen molar-refractivity contribution in [1.82, 2.24) is 4.31 Å². The van der Waals surface area contributed by atoms with E-state index in [0.717, 1.165) is 3.57 Å². The van der Waals surface area contributed by atoms with Crippen molar-refractivity contribution in [1.29, 1.82) is 0 Å². The van der Waals surface area contributed by atoms with Crippen LogP contribution in [0.3, 0.4) is 0 Å². The van der Waals surface area contributed by atoms with Crippen LogP contribution in [0.1, 0.15) is 13.8 Å². The van der Waals surface area contributed by atoms with E-state index in [2.05, 4.69) is 22.6 Å². The predicted octanol–water partition coefficient (Wildman–Crippen LogP) is 2.09. The Balaban J connectivity index is 2.28. The van der Waals surface area contributed by atoms with E-state index in [1.165, 1.54) is 4.31 Å². The van der Waals surface area contributed by atoms with Gasteiger partial charge in [-0.1, -0.05) is 0 Å². The first-order valence-corrected chi connectivity index (χ1v) is 8.32. The molecule has 0 bridgehead atoms. The number of halogens is 1. The maximum absolute atomic E-state index is 12.5. The van der Waals surface area contributed by atoms with Crippen molar-refractivity contribution in [2.75, 3.05) is 13.1 Å². The lowest BCUT2D eigenvalue weighted by Crippen LogP contribution is -2.48. The largest absolute Gasteiger partial charge is 0.373 e. The highest BCUT2D eigenvalue weighted by atomic mass is 127. The highest BCUT2D eigenvalue weighted by molar-refractivity contribution is 14.1. The zero-order chi connectivity index (χ0) is 13.3. The Hall–Kier alpha value is -0.180. The predicted molar refractivity (Wildman–Crippen MR) is 77.9 cm³/mol. The van der Waals surface area contributed by atoms with Crippen molar-refractivity contribution < 1.29 is 13.2 Å². The number of hydrogen-bond acceptors (Lipinski definition) is 3. The Labute approximate surface area is 122 Å². The van der Waals surface area contributed by atoms with Gasteiger partial charge in [0.25, 0.3) is 0 Å². The molecule has 0 unspecified atom stereocenters. The van der Waals surface area contributed by atoms with Crippen LogP contribution in [0.4, 0.5) is 0 Å². The molecular weight excluding hydrogens is 365 g/mol. The Kier molecular flexibility index (Phi) is 4.30. The Morgan fingerprint density at radius 1 is 1.17 bits per heavy atom. The van der Waals surface area contributed by atoms with E-state index in [9.17, 15) is 8.42 Å². The van der Waals surface area contributed by atoms with Crippen LogP contribution in [0.25, 0.3) is 0 Å². The van der Waals surface area contributed by atoms with Gasteiger partial charge in [-0.05, 0) is 60.7 Å². The van der Waals surface area contributed by atoms with Gasteiger partial charge in [-0.25, -0.2) is 8.42 Å². The molecule has 0 radical (unpaired) electrons. The number of benzene rings is 1. The first kappa shape index (κ1) is 14.2. The SMILES string of the molecule is C[C@@H]1CN(S(=O)(=O)c2ccc(I)cc2)C[C@H](C)O1. The van der Waals surface area contributed by atoms with Crippen molar-refractivity contribution in [3.8, 4) is 0 Å². The normalized spacial score (nSPS) is 26.2. The average molecular weight is 381 g/mol. The molecule has 0 spiro atoms. The lowest BCUT2D eigenvalue weighted by atomic mass is 10.3. The van der Waals surface area contributed by atoms with E-state index in [1.807, 2.05) is 13.8 Å². The molecule has 1 aromatic rings. The van der Waals surface area contributed by atoms with Crippen LogP contribution in [-0.4, -0.2) is 38.0 Å². The number of nitrogens with zero attached hydrogens (tertiary/aromatic N) is 1. The van der Waals surface area contributed by atoms with Gasteiger partial charge in [-0.15, -0.1) is 0 Å². The summed E-state index contributed by atoms with van der Waals surface area (Å²) in [6.07, 6.45) is -0.125. The quantitative estimate of drug-likeness (QED) is 0.738. The second-order valence-corrected chi connectivity index (χ2v) is 7.72. The molecule has 1 heterocycles. The fourth-order valence-electron chi connectivity index (χ4n) is 2.08. The second kappa shape index (κ2) is 5.44. The molecule has 0 saturated carbocycles. The number of hydrogen-bond donors (Lipinski definition) is 0. The monoisotopic (exact) mass is 381 g/mol. The van der Waals surface area contributed by atoms with Crippen LogP contribution in [-0.2, 0) is 14.8 Å². The summed E-state index contributed by atoms with van der Waals surface area (Å²) in [5.41, 5.74) is 0. The molecule has 0 amide bonds. The highest BCUT2D eigenvalue weighted by Gasteiger charge is 2.31. The molecule has 0 aliphatic carbocycles. The van der Waals surface area contributed by atoms with Crippen LogP contribution in [0, 0.1) is 3.57 Å². The van der Waals surface area contributed by atoms with Gasteiger partial charge in [0.15, 0.2) is 0 Å². The molecule has 100 valence electrons. The fourth-order valence-corrected chi connectivity index (χ4v) is 4.03. The standard InChI is InChI=1S/C12H16INO3S/c1-9-7-14(8-10(2)17-9)18(15,16)12-5-3-11(13)4-6-12/h3-6,9-10H,7-8H2,1-2H3/t9-,10+. The van der Waals surface area contributed by atoms with Gasteiger partial charge in [-0.2, -0.15) is 4.31 Å². The van der Waals surface area contributed by atoms with Gasteiger partial charge in [0.2, 0.25) is 10.0 Å². The topological polar surface area (TPSA) is 46.6 Å². The summed E-state index contributed by atoms with van der Waals surface area (Å²) < 4.78 is 33.0. The van der Waals surface area contributed by atoms with Gasteiger partial charge in [0.05, 0.1) is 17.1 Å². The van der Waals surface area contributed by atoms with Crippen molar-refractivity contribution >= 4 is 32.6 Å². The Bertz CT molecular complexity index is 505. The smallest absolute Gasteiger partial charge is 0.243 e. The molecule has 1 saturated heterocycles. The maximum atomic E-state index is 12.5. The van der Waals surface area contributed by atoms with E-state index in [4.69, 9.17) is 4.74 Å². The van der Waals surface area contributed by atoms with Gasteiger partial charge in [-0.3, -0.25) is 0 Å². The number of ether oxygens (including phenoxy) is 1. The molecule has 1 aliphatic heterocycles. The van der Waals surface area contributed by atoms with Gasteiger partial charge in [0.1, 0.15) is 0 Å². The van der Waals surface area contributed by atoms with Crippen LogP contribution in [0.2, 0.25) is 0 Å². The minimum Gasteiger partial charge on any atom is -0.373 e. The van der Waals surface area contributed by atoms with Gasteiger partial charge in [0, 0.05) is 16.7 Å². The summed E-state index contributed by atoms with van der Waals surface area (Å²) in [7, 11) is -3.39. The number of morpholine rings is 1. The highest BCUT2D eigenvalue weighted by Crippen LogP contribution is 2.21. The molecule has 6 heteroatoms. The van der Waals surface area contributed by atoms with Crippen molar-refractivity contribution in [2.24, 2.45) is 0 Å². The van der Waals surface area contributed by atoms with Crippen LogP contribution < -0.4 is 0 Å². The molecule has 2 atom stereocenters. The van der Waals surface area contributed by atoms with E-state index < -0.39 is 10.0 Å². The third kappa shape index (κ3) is 3.04. The van der Waals surface area contributed by atoms with E-state index in [1.54, 1.807) is 24.3 Å². The number of sulfonamides is 1. The summed E-state index contributed by atoms with van der Waals surface area (Å²) in [5.74, 6) is 0.